The van der Waals surface area contributed by atoms with Crippen LogP contribution < -0.4 is 4.74 Å². The molecule has 1 saturated carbocycles. The van der Waals surface area contributed by atoms with E-state index in [1.165, 1.54) is 0 Å². The number of hydrogen-bond donors (Lipinski definition) is 0. The molecule has 0 saturated heterocycles. The fourth-order valence-corrected chi connectivity index (χ4v) is 2.90. The molecule has 1 aromatic rings. The summed E-state index contributed by atoms with van der Waals surface area (Å²) in [5.41, 5.74) is 2.06. The van der Waals surface area contributed by atoms with E-state index in [-0.39, 0.29) is 5.92 Å². The van der Waals surface area contributed by atoms with Gasteiger partial charge in [-0.25, -0.2) is 0 Å². The topological polar surface area (TPSA) is 26.3 Å². The van der Waals surface area contributed by atoms with Gasteiger partial charge in [0.25, 0.3) is 0 Å². The molecule has 0 unspecified atom stereocenters. The van der Waals surface area contributed by atoms with Crippen molar-refractivity contribution in [3.05, 3.63) is 35.4 Å². The molecule has 1 aliphatic carbocycles. The lowest BCUT2D eigenvalue weighted by molar-refractivity contribution is -0.122. The molecular weight excluding hydrogens is 248 g/mol. The summed E-state index contributed by atoms with van der Waals surface area (Å²) >= 11 is 0. The Morgan fingerprint density at radius 3 is 2.40 bits per heavy atom. The standard InChI is InChI=1S/C18H24O2/c1-12(2)16-10-5-13(3)17(18(16)19)11-14-6-8-15(20-4)9-7-14/h6-9,11-13,16H,5,10H2,1-4H3/t13-,16+/m1/s1. The number of carbonyl (C=O) groups excluding carboxylic acids is 1. The molecule has 2 rings (SSSR count). The van der Waals surface area contributed by atoms with Crippen LogP contribution in [0.4, 0.5) is 0 Å². The maximum Gasteiger partial charge on any atom is 0.162 e. The second-order valence-corrected chi connectivity index (χ2v) is 6.07. The number of hydrogen-bond acceptors (Lipinski definition) is 2. The smallest absolute Gasteiger partial charge is 0.162 e. The van der Waals surface area contributed by atoms with Gasteiger partial charge in [0.2, 0.25) is 0 Å². The molecule has 0 radical (unpaired) electrons. The lowest BCUT2D eigenvalue weighted by atomic mass is 9.73. The molecule has 0 aliphatic heterocycles. The lowest BCUT2D eigenvalue weighted by Crippen LogP contribution is -2.30. The van der Waals surface area contributed by atoms with Crippen molar-refractivity contribution in [1.82, 2.24) is 0 Å². The number of rotatable bonds is 3. The van der Waals surface area contributed by atoms with Crippen molar-refractivity contribution >= 4 is 11.9 Å². The second kappa shape index (κ2) is 6.25. The van der Waals surface area contributed by atoms with E-state index in [1.54, 1.807) is 7.11 Å². The minimum Gasteiger partial charge on any atom is -0.497 e. The summed E-state index contributed by atoms with van der Waals surface area (Å²) < 4.78 is 5.16. The number of ether oxygens (including phenoxy) is 1. The van der Waals surface area contributed by atoms with Crippen LogP contribution in [0.25, 0.3) is 6.08 Å². The highest BCUT2D eigenvalue weighted by Crippen LogP contribution is 2.35. The van der Waals surface area contributed by atoms with E-state index < -0.39 is 0 Å². The lowest BCUT2D eigenvalue weighted by Gasteiger charge is -2.30. The second-order valence-electron chi connectivity index (χ2n) is 6.07. The molecular formula is C18H24O2. The highest BCUT2D eigenvalue weighted by atomic mass is 16.5. The molecule has 108 valence electrons. The van der Waals surface area contributed by atoms with E-state index in [2.05, 4.69) is 26.8 Å². The van der Waals surface area contributed by atoms with Gasteiger partial charge in [0.05, 0.1) is 7.11 Å². The largest absolute Gasteiger partial charge is 0.497 e. The molecule has 2 atom stereocenters. The molecule has 0 aromatic heterocycles. The molecule has 2 nitrogen and oxygen atoms in total. The van der Waals surface area contributed by atoms with E-state index in [1.807, 2.05) is 24.3 Å². The normalized spacial score (nSPS) is 25.2. The molecule has 1 aliphatic rings. The average molecular weight is 272 g/mol. The number of methoxy groups -OCH3 is 1. The van der Waals surface area contributed by atoms with Gasteiger partial charge in [-0.2, -0.15) is 0 Å². The summed E-state index contributed by atoms with van der Waals surface area (Å²) in [7, 11) is 1.66. The van der Waals surface area contributed by atoms with Crippen molar-refractivity contribution < 1.29 is 9.53 Å². The molecule has 2 heteroatoms. The molecule has 0 spiro atoms. The van der Waals surface area contributed by atoms with E-state index in [0.717, 1.165) is 29.7 Å². The van der Waals surface area contributed by atoms with Crippen molar-refractivity contribution in [3.8, 4) is 5.75 Å². The van der Waals surface area contributed by atoms with Crippen LogP contribution in [0.2, 0.25) is 0 Å². The van der Waals surface area contributed by atoms with E-state index in [4.69, 9.17) is 4.74 Å². The van der Waals surface area contributed by atoms with Gasteiger partial charge in [0.15, 0.2) is 5.78 Å². The van der Waals surface area contributed by atoms with Crippen molar-refractivity contribution in [2.45, 2.75) is 33.6 Å². The van der Waals surface area contributed by atoms with Crippen molar-refractivity contribution in [2.75, 3.05) is 7.11 Å². The first-order chi connectivity index (χ1) is 9.52. The summed E-state index contributed by atoms with van der Waals surface area (Å²) in [6.07, 6.45) is 4.19. The van der Waals surface area contributed by atoms with E-state index in [9.17, 15) is 4.79 Å². The molecule has 0 bridgehead atoms. The third kappa shape index (κ3) is 3.12. The summed E-state index contributed by atoms with van der Waals surface area (Å²) in [5.74, 6) is 2.16. The maximum absolute atomic E-state index is 12.6. The zero-order chi connectivity index (χ0) is 14.7. The monoisotopic (exact) mass is 272 g/mol. The predicted octanol–water partition coefficient (Wildman–Crippen LogP) is 4.35. The van der Waals surface area contributed by atoms with Gasteiger partial charge >= 0.3 is 0 Å². The number of ketones is 1. The maximum atomic E-state index is 12.6. The number of allylic oxidation sites excluding steroid dienone is 1. The quantitative estimate of drug-likeness (QED) is 0.765. The zero-order valence-corrected chi connectivity index (χ0v) is 12.8. The summed E-state index contributed by atoms with van der Waals surface area (Å²) in [6.45, 7) is 6.44. The molecule has 1 fully saturated rings. The Hall–Kier alpha value is -1.57. The van der Waals surface area contributed by atoms with E-state index in [0.29, 0.717) is 17.6 Å². The van der Waals surface area contributed by atoms with Gasteiger partial charge in [0.1, 0.15) is 5.75 Å². The first-order valence-electron chi connectivity index (χ1n) is 7.42. The number of carbonyl (C=O) groups is 1. The number of benzene rings is 1. The zero-order valence-electron chi connectivity index (χ0n) is 12.8. The SMILES string of the molecule is COc1ccc(C=C2C(=O)[C@H](C(C)C)CC[C@H]2C)cc1. The Balaban J connectivity index is 2.27. The van der Waals surface area contributed by atoms with Crippen molar-refractivity contribution in [1.29, 1.82) is 0 Å². The van der Waals surface area contributed by atoms with Crippen LogP contribution in [0.1, 0.15) is 39.2 Å². The third-order valence-corrected chi connectivity index (χ3v) is 4.31. The fourth-order valence-electron chi connectivity index (χ4n) is 2.90. The van der Waals surface area contributed by atoms with Crippen LogP contribution in [-0.4, -0.2) is 12.9 Å². The van der Waals surface area contributed by atoms with Crippen LogP contribution in [0.3, 0.4) is 0 Å². The highest BCUT2D eigenvalue weighted by molar-refractivity contribution is 6.02. The van der Waals surface area contributed by atoms with Gasteiger partial charge in [-0.05, 0) is 54.0 Å². The van der Waals surface area contributed by atoms with Crippen LogP contribution in [0.5, 0.6) is 5.75 Å². The fraction of sp³-hybridized carbons (Fsp3) is 0.500. The summed E-state index contributed by atoms with van der Waals surface area (Å²) in [6, 6.07) is 7.88. The summed E-state index contributed by atoms with van der Waals surface area (Å²) in [4.78, 5) is 12.6. The minimum absolute atomic E-state index is 0.190. The van der Waals surface area contributed by atoms with Crippen LogP contribution in [-0.2, 0) is 4.79 Å². The Morgan fingerprint density at radius 1 is 1.20 bits per heavy atom. The first-order valence-corrected chi connectivity index (χ1v) is 7.42. The first kappa shape index (κ1) is 14.8. The molecule has 0 amide bonds. The highest BCUT2D eigenvalue weighted by Gasteiger charge is 2.32. The van der Waals surface area contributed by atoms with Gasteiger partial charge in [-0.3, -0.25) is 4.79 Å². The van der Waals surface area contributed by atoms with Crippen LogP contribution in [0, 0.1) is 17.8 Å². The van der Waals surface area contributed by atoms with Crippen LogP contribution >= 0.6 is 0 Å². The van der Waals surface area contributed by atoms with Gasteiger partial charge in [-0.15, -0.1) is 0 Å². The van der Waals surface area contributed by atoms with E-state index >= 15 is 0 Å². The van der Waals surface area contributed by atoms with Crippen LogP contribution in [0.15, 0.2) is 29.8 Å². The molecule has 0 N–H and O–H groups in total. The average Bonchev–Trinajstić information content (AvgIpc) is 2.43. The Kier molecular flexibility index (Phi) is 4.64. The number of Topliss-reactive ketones (excluding diaryl/α,β-unsaturated/α-hetero) is 1. The van der Waals surface area contributed by atoms with Gasteiger partial charge in [-0.1, -0.05) is 32.9 Å². The van der Waals surface area contributed by atoms with Crippen molar-refractivity contribution in [3.63, 3.8) is 0 Å². The van der Waals surface area contributed by atoms with Gasteiger partial charge < -0.3 is 4.74 Å². The Morgan fingerprint density at radius 2 is 1.85 bits per heavy atom. The third-order valence-electron chi connectivity index (χ3n) is 4.31. The molecule has 20 heavy (non-hydrogen) atoms. The minimum atomic E-state index is 0.190. The molecule has 1 aromatic carbocycles. The predicted molar refractivity (Wildman–Crippen MR) is 82.7 cm³/mol. The van der Waals surface area contributed by atoms with Crippen molar-refractivity contribution in [2.24, 2.45) is 17.8 Å². The Labute approximate surface area is 121 Å². The summed E-state index contributed by atoms with van der Waals surface area (Å²) in [5, 5.41) is 0. The molecule has 0 heterocycles. The Bertz CT molecular complexity index is 497. The van der Waals surface area contributed by atoms with Gasteiger partial charge in [0, 0.05) is 5.92 Å².